The first-order valence-corrected chi connectivity index (χ1v) is 7.60. The van der Waals surface area contributed by atoms with Gasteiger partial charge in [-0.2, -0.15) is 0 Å². The van der Waals surface area contributed by atoms with Gasteiger partial charge in [0, 0.05) is 6.08 Å². The lowest BCUT2D eigenvalue weighted by Gasteiger charge is -2.23. The van der Waals surface area contributed by atoms with E-state index in [1.165, 1.54) is 0 Å². The Morgan fingerprint density at radius 2 is 2.06 bits per heavy atom. The molecule has 5 nitrogen and oxygen atoms in total. The third kappa shape index (κ3) is 9.40. The van der Waals surface area contributed by atoms with Crippen molar-refractivity contribution in [1.82, 2.24) is 0 Å². The molecule has 0 aliphatic carbocycles. The summed E-state index contributed by atoms with van der Waals surface area (Å²) < 4.78 is 22.8. The maximum absolute atomic E-state index is 11.7. The Labute approximate surface area is 110 Å². The van der Waals surface area contributed by atoms with Gasteiger partial charge in [0.1, 0.15) is 19.3 Å². The summed E-state index contributed by atoms with van der Waals surface area (Å²) in [5.41, 5.74) is 0. The summed E-state index contributed by atoms with van der Waals surface area (Å²) in [6, 6.07) is 0. The first kappa shape index (κ1) is 17.4. The van der Waals surface area contributed by atoms with Crippen molar-refractivity contribution in [1.29, 1.82) is 0 Å². The lowest BCUT2D eigenvalue weighted by atomic mass is 10.3. The van der Waals surface area contributed by atoms with Crippen LogP contribution in [0.15, 0.2) is 12.7 Å². The second-order valence-electron chi connectivity index (χ2n) is 5.11. The van der Waals surface area contributed by atoms with E-state index in [9.17, 15) is 9.36 Å². The molecule has 106 valence electrons. The van der Waals surface area contributed by atoms with Crippen LogP contribution >= 0.6 is 8.03 Å². The molecule has 2 atom stereocenters. The Bertz CT molecular complexity index is 299. The second-order valence-corrected chi connectivity index (χ2v) is 6.55. The van der Waals surface area contributed by atoms with Gasteiger partial charge < -0.3 is 13.7 Å². The minimum Gasteiger partial charge on any atom is -0.459 e. The highest BCUT2D eigenvalue weighted by Gasteiger charge is 2.15. The monoisotopic (exact) mass is 278 g/mol. The van der Waals surface area contributed by atoms with Crippen LogP contribution in [0.2, 0.25) is 0 Å². The van der Waals surface area contributed by atoms with E-state index in [0.29, 0.717) is 13.0 Å². The Hall–Kier alpha value is -0.640. The van der Waals surface area contributed by atoms with Crippen LogP contribution in [-0.4, -0.2) is 57.0 Å². The van der Waals surface area contributed by atoms with Crippen LogP contribution in [0.3, 0.4) is 0 Å². The van der Waals surface area contributed by atoms with Crippen LogP contribution in [0.5, 0.6) is 0 Å². The van der Waals surface area contributed by atoms with Crippen LogP contribution in [0.1, 0.15) is 13.3 Å². The fraction of sp³-hybridized carbons (Fsp3) is 0.750. The molecule has 0 bridgehead atoms. The van der Waals surface area contributed by atoms with Gasteiger partial charge in [-0.15, -0.1) is 0 Å². The van der Waals surface area contributed by atoms with Gasteiger partial charge in [0.25, 0.3) is 0 Å². The average molecular weight is 278 g/mol. The molecule has 0 aliphatic heterocycles. The number of rotatable bonds is 9. The molecule has 0 rings (SSSR count). The molecule has 0 N–H and O–H groups in total. The van der Waals surface area contributed by atoms with Crippen molar-refractivity contribution < 1.29 is 23.1 Å². The number of nitrogens with zero attached hydrogens (tertiary/aromatic N) is 1. The molecule has 0 saturated heterocycles. The number of carbonyl (C=O) groups is 1. The molecular weight excluding hydrogens is 253 g/mol. The summed E-state index contributed by atoms with van der Waals surface area (Å²) in [5, 5.41) is 0. The molecule has 0 aliphatic rings. The molecular formula is C12H25NO4P+. The normalized spacial score (nSPS) is 14.9. The molecule has 0 aromatic heterocycles. The molecule has 2 unspecified atom stereocenters. The van der Waals surface area contributed by atoms with Crippen molar-refractivity contribution in [2.24, 2.45) is 0 Å². The number of hydrogen-bond acceptors (Lipinski definition) is 4. The van der Waals surface area contributed by atoms with E-state index in [-0.39, 0.29) is 12.3 Å². The van der Waals surface area contributed by atoms with Gasteiger partial charge in [-0.1, -0.05) is 13.5 Å². The van der Waals surface area contributed by atoms with E-state index < -0.39 is 14.0 Å². The molecule has 0 amide bonds. The highest BCUT2D eigenvalue weighted by Crippen LogP contribution is 2.25. The van der Waals surface area contributed by atoms with E-state index in [4.69, 9.17) is 9.26 Å². The van der Waals surface area contributed by atoms with Crippen molar-refractivity contribution in [2.75, 3.05) is 40.5 Å². The summed E-state index contributed by atoms with van der Waals surface area (Å²) in [5.74, 6) is -0.483. The zero-order chi connectivity index (χ0) is 14.2. The molecule has 0 heterocycles. The highest BCUT2D eigenvalue weighted by atomic mass is 31.1. The van der Waals surface area contributed by atoms with E-state index in [0.717, 1.165) is 17.1 Å². The lowest BCUT2D eigenvalue weighted by Crippen LogP contribution is -2.37. The molecule has 18 heavy (non-hydrogen) atoms. The third-order valence-electron chi connectivity index (χ3n) is 2.32. The zero-order valence-corrected chi connectivity index (χ0v) is 12.8. The minimum atomic E-state index is -2.15. The summed E-state index contributed by atoms with van der Waals surface area (Å²) in [4.78, 5) is 11.0. The van der Waals surface area contributed by atoms with Crippen LogP contribution in [0, 0.1) is 0 Å². The van der Waals surface area contributed by atoms with E-state index in [2.05, 4.69) is 6.58 Å². The molecule has 0 aromatic rings. The van der Waals surface area contributed by atoms with E-state index in [1.54, 1.807) is 0 Å². The SMILES string of the molecule is C=CC(=O)OC(CC)C[PH](=O)OCC[N+](C)(C)C. The minimum absolute atomic E-state index is 0.276. The van der Waals surface area contributed by atoms with Crippen molar-refractivity contribution in [3.05, 3.63) is 12.7 Å². The fourth-order valence-corrected chi connectivity index (χ4v) is 2.34. The molecule has 0 spiro atoms. The number of hydrogen-bond donors (Lipinski definition) is 0. The molecule has 0 fully saturated rings. The van der Waals surface area contributed by atoms with Gasteiger partial charge >= 0.3 is 5.97 Å². The average Bonchev–Trinajstić information content (AvgIpc) is 2.26. The maximum atomic E-state index is 11.7. The van der Waals surface area contributed by atoms with Crippen molar-refractivity contribution >= 4 is 14.0 Å². The molecule has 0 aromatic carbocycles. The van der Waals surface area contributed by atoms with E-state index in [1.807, 2.05) is 28.1 Å². The number of quaternary nitrogens is 1. The van der Waals surface area contributed by atoms with Crippen molar-refractivity contribution in [3.8, 4) is 0 Å². The van der Waals surface area contributed by atoms with Crippen LogP contribution in [0.4, 0.5) is 0 Å². The summed E-state index contributed by atoms with van der Waals surface area (Å²) >= 11 is 0. The standard InChI is InChI=1S/C12H25NO4P/c1-6-11(17-12(14)7-2)10-18(15)16-9-8-13(3,4)5/h7,11,18H,2,6,8-10H2,1,3-5H3/q+1. The summed E-state index contributed by atoms with van der Waals surface area (Å²) in [6.45, 7) is 6.45. The predicted octanol–water partition coefficient (Wildman–Crippen LogP) is 1.69. The van der Waals surface area contributed by atoms with Gasteiger partial charge in [0.05, 0.1) is 27.3 Å². The Morgan fingerprint density at radius 3 is 2.50 bits per heavy atom. The first-order valence-electron chi connectivity index (χ1n) is 6.07. The van der Waals surface area contributed by atoms with Gasteiger partial charge in [0.15, 0.2) is 8.03 Å². The van der Waals surface area contributed by atoms with Crippen molar-refractivity contribution in [2.45, 2.75) is 19.4 Å². The first-order chi connectivity index (χ1) is 8.28. The number of likely N-dealkylation sites (N-methyl/N-ethyl adjacent to an activating group) is 1. The number of esters is 1. The number of carbonyl (C=O) groups excluding carboxylic acids is 1. The highest BCUT2D eigenvalue weighted by molar-refractivity contribution is 7.39. The van der Waals surface area contributed by atoms with Crippen LogP contribution in [-0.2, 0) is 18.6 Å². The van der Waals surface area contributed by atoms with Crippen molar-refractivity contribution in [3.63, 3.8) is 0 Å². The predicted molar refractivity (Wildman–Crippen MR) is 73.1 cm³/mol. The van der Waals surface area contributed by atoms with Gasteiger partial charge in [-0.05, 0) is 6.42 Å². The molecule has 0 saturated carbocycles. The van der Waals surface area contributed by atoms with Crippen LogP contribution < -0.4 is 0 Å². The lowest BCUT2D eigenvalue weighted by molar-refractivity contribution is -0.870. The Kier molecular flexibility index (Phi) is 8.16. The molecule has 0 radical (unpaired) electrons. The summed E-state index contributed by atoms with van der Waals surface area (Å²) in [6.07, 6.45) is 1.65. The Morgan fingerprint density at radius 1 is 1.44 bits per heavy atom. The fourth-order valence-electron chi connectivity index (χ4n) is 1.16. The van der Waals surface area contributed by atoms with Gasteiger partial charge in [-0.25, -0.2) is 4.79 Å². The van der Waals surface area contributed by atoms with E-state index >= 15 is 0 Å². The third-order valence-corrected chi connectivity index (χ3v) is 3.64. The van der Waals surface area contributed by atoms with Gasteiger partial charge in [-0.3, -0.25) is 4.57 Å². The Balaban J connectivity index is 3.97. The zero-order valence-electron chi connectivity index (χ0n) is 11.8. The summed E-state index contributed by atoms with van der Waals surface area (Å²) in [7, 11) is 3.98. The number of ether oxygens (including phenoxy) is 1. The molecule has 6 heteroatoms. The van der Waals surface area contributed by atoms with Gasteiger partial charge in [0.2, 0.25) is 0 Å². The van der Waals surface area contributed by atoms with Crippen LogP contribution in [0.25, 0.3) is 0 Å². The maximum Gasteiger partial charge on any atom is 0.330 e. The largest absolute Gasteiger partial charge is 0.459 e. The second kappa shape index (κ2) is 8.46. The topological polar surface area (TPSA) is 52.6 Å². The quantitative estimate of drug-likeness (QED) is 0.279. The smallest absolute Gasteiger partial charge is 0.330 e.